The summed E-state index contributed by atoms with van der Waals surface area (Å²) in [6.45, 7) is 3.72. The lowest BCUT2D eigenvalue weighted by Gasteiger charge is -2.35. The highest BCUT2D eigenvalue weighted by Crippen LogP contribution is 2.35. The van der Waals surface area contributed by atoms with Crippen LogP contribution in [0.1, 0.15) is 31.2 Å². The summed E-state index contributed by atoms with van der Waals surface area (Å²) in [5, 5.41) is 4.23. The highest BCUT2D eigenvalue weighted by atomic mass is 16.5. The van der Waals surface area contributed by atoms with E-state index in [9.17, 15) is 4.79 Å². The minimum absolute atomic E-state index is 0.0208. The van der Waals surface area contributed by atoms with Crippen LogP contribution in [-0.2, 0) is 4.79 Å². The summed E-state index contributed by atoms with van der Waals surface area (Å²) < 4.78 is 16.0. The van der Waals surface area contributed by atoms with Gasteiger partial charge in [-0.2, -0.15) is 0 Å². The van der Waals surface area contributed by atoms with Gasteiger partial charge in [-0.05, 0) is 74.7 Å². The van der Waals surface area contributed by atoms with Gasteiger partial charge in [-0.1, -0.05) is 0 Å². The molecule has 1 aromatic heterocycles. The number of hydrogen-bond acceptors (Lipinski definition) is 5. The highest BCUT2D eigenvalue weighted by Gasteiger charge is 2.28. The van der Waals surface area contributed by atoms with Crippen LogP contribution in [0, 0.1) is 0 Å². The fourth-order valence-electron chi connectivity index (χ4n) is 4.51. The minimum atomic E-state index is -0.216. The lowest BCUT2D eigenvalue weighted by atomic mass is 9.88. The molecule has 7 nitrogen and oxygen atoms in total. The number of nitrogens with zero attached hydrogens (tertiary/aromatic N) is 1. The van der Waals surface area contributed by atoms with Crippen molar-refractivity contribution in [3.63, 3.8) is 0 Å². The summed E-state index contributed by atoms with van der Waals surface area (Å²) in [5.41, 5.74) is 3.16. The molecule has 0 bridgehead atoms. The van der Waals surface area contributed by atoms with Crippen molar-refractivity contribution >= 4 is 22.5 Å². The second-order valence-corrected chi connectivity index (χ2v) is 8.20. The fraction of sp³-hybridized carbons (Fsp3) is 0.400. The number of amides is 1. The zero-order valence-corrected chi connectivity index (χ0v) is 19.1. The molecule has 1 saturated heterocycles. The number of carbonyl (C=O) groups is 1. The van der Waals surface area contributed by atoms with E-state index >= 15 is 0 Å². The summed E-state index contributed by atoms with van der Waals surface area (Å²) in [4.78, 5) is 18.5. The molecule has 4 rings (SSSR count). The third kappa shape index (κ3) is 4.39. The zero-order chi connectivity index (χ0) is 22.7. The number of anilines is 1. The van der Waals surface area contributed by atoms with Gasteiger partial charge in [0.25, 0.3) is 0 Å². The number of hydrogen-bond donors (Lipinski definition) is 2. The maximum absolute atomic E-state index is 12.9. The Morgan fingerprint density at radius 3 is 2.47 bits per heavy atom. The number of methoxy groups -OCH3 is 3. The van der Waals surface area contributed by atoms with Crippen molar-refractivity contribution < 1.29 is 19.0 Å². The average Bonchev–Trinajstić information content (AvgIpc) is 3.26. The van der Waals surface area contributed by atoms with E-state index in [0.29, 0.717) is 23.1 Å². The fourth-order valence-corrected chi connectivity index (χ4v) is 4.51. The van der Waals surface area contributed by atoms with E-state index in [1.807, 2.05) is 19.1 Å². The Bertz CT molecular complexity index is 1090. The number of likely N-dealkylation sites (tertiary alicyclic amines) is 1. The number of benzene rings is 2. The van der Waals surface area contributed by atoms with E-state index in [-0.39, 0.29) is 11.9 Å². The topological polar surface area (TPSA) is 75.8 Å². The van der Waals surface area contributed by atoms with Gasteiger partial charge in [0.15, 0.2) is 11.5 Å². The predicted molar refractivity (Wildman–Crippen MR) is 126 cm³/mol. The van der Waals surface area contributed by atoms with Crippen molar-refractivity contribution in [1.82, 2.24) is 9.88 Å². The van der Waals surface area contributed by atoms with E-state index in [1.54, 1.807) is 33.5 Å². The largest absolute Gasteiger partial charge is 0.497 e. The lowest BCUT2D eigenvalue weighted by Crippen LogP contribution is -2.45. The Kier molecular flexibility index (Phi) is 6.55. The average molecular weight is 438 g/mol. The molecule has 1 atom stereocenters. The number of rotatable bonds is 7. The first-order valence-electron chi connectivity index (χ1n) is 11.0. The number of aromatic nitrogens is 1. The molecule has 0 radical (unpaired) electrons. The Balaban J connectivity index is 1.38. The van der Waals surface area contributed by atoms with Crippen LogP contribution < -0.4 is 19.5 Å². The van der Waals surface area contributed by atoms with Gasteiger partial charge in [0.05, 0.1) is 27.4 Å². The summed E-state index contributed by atoms with van der Waals surface area (Å²) in [6.07, 6.45) is 4.15. The van der Waals surface area contributed by atoms with E-state index in [4.69, 9.17) is 14.2 Å². The molecular formula is C25H31N3O4. The summed E-state index contributed by atoms with van der Waals surface area (Å²) in [7, 11) is 4.87. The molecule has 0 aliphatic carbocycles. The van der Waals surface area contributed by atoms with Crippen LogP contribution in [0.3, 0.4) is 0 Å². The van der Waals surface area contributed by atoms with Gasteiger partial charge in [-0.25, -0.2) is 0 Å². The van der Waals surface area contributed by atoms with Gasteiger partial charge in [0.2, 0.25) is 5.91 Å². The molecule has 32 heavy (non-hydrogen) atoms. The Morgan fingerprint density at radius 1 is 1.03 bits per heavy atom. The van der Waals surface area contributed by atoms with E-state index in [1.165, 1.54) is 10.9 Å². The molecule has 1 amide bonds. The van der Waals surface area contributed by atoms with Gasteiger partial charge in [0.1, 0.15) is 5.75 Å². The molecule has 3 aromatic rings. The first-order chi connectivity index (χ1) is 15.5. The van der Waals surface area contributed by atoms with Crippen LogP contribution in [0.15, 0.2) is 42.6 Å². The molecular weight excluding hydrogens is 406 g/mol. The smallest absolute Gasteiger partial charge is 0.241 e. The van der Waals surface area contributed by atoms with Gasteiger partial charge in [-0.3, -0.25) is 9.69 Å². The lowest BCUT2D eigenvalue weighted by molar-refractivity contribution is -0.121. The molecule has 1 unspecified atom stereocenters. The SMILES string of the molecule is COc1ccc2[nH]cc(C3CCN(C(C)C(=O)Nc4ccc(OC)c(OC)c4)CC3)c2c1. The molecule has 1 aliphatic rings. The van der Waals surface area contributed by atoms with Gasteiger partial charge in [-0.15, -0.1) is 0 Å². The number of fused-ring (bicyclic) bond motifs is 1. The van der Waals surface area contributed by atoms with Crippen molar-refractivity contribution in [3.05, 3.63) is 48.2 Å². The van der Waals surface area contributed by atoms with Crippen LogP contribution in [0.5, 0.6) is 17.2 Å². The van der Waals surface area contributed by atoms with Gasteiger partial charge < -0.3 is 24.5 Å². The Labute approximate surface area is 188 Å². The number of carbonyl (C=O) groups excluding carboxylic acids is 1. The standard InChI is InChI=1S/C25H31N3O4/c1-16(25(29)27-18-5-8-23(31-3)24(13-18)32-4)28-11-9-17(10-12-28)21-15-26-22-7-6-19(30-2)14-20(21)22/h5-8,13-17,26H,9-12H2,1-4H3,(H,27,29). The van der Waals surface area contributed by atoms with Crippen molar-refractivity contribution in [2.45, 2.75) is 31.7 Å². The van der Waals surface area contributed by atoms with Crippen molar-refractivity contribution in [3.8, 4) is 17.2 Å². The molecule has 1 aliphatic heterocycles. The number of aromatic amines is 1. The molecule has 170 valence electrons. The normalized spacial score (nSPS) is 16.0. The van der Waals surface area contributed by atoms with Crippen LogP contribution in [0.25, 0.3) is 10.9 Å². The monoisotopic (exact) mass is 437 g/mol. The Hall–Kier alpha value is -3.19. The minimum Gasteiger partial charge on any atom is -0.497 e. The van der Waals surface area contributed by atoms with E-state index in [2.05, 4.69) is 33.5 Å². The maximum Gasteiger partial charge on any atom is 0.241 e. The summed E-state index contributed by atoms with van der Waals surface area (Å²) in [6, 6.07) is 11.3. The molecule has 2 aromatic carbocycles. The Morgan fingerprint density at radius 2 is 1.78 bits per heavy atom. The first kappa shape index (κ1) is 22.0. The van der Waals surface area contributed by atoms with E-state index < -0.39 is 0 Å². The van der Waals surface area contributed by atoms with Gasteiger partial charge >= 0.3 is 0 Å². The highest BCUT2D eigenvalue weighted by molar-refractivity contribution is 5.95. The van der Waals surface area contributed by atoms with Crippen LogP contribution in [-0.4, -0.2) is 56.3 Å². The maximum atomic E-state index is 12.9. The zero-order valence-electron chi connectivity index (χ0n) is 19.1. The molecule has 2 N–H and O–H groups in total. The van der Waals surface area contributed by atoms with Crippen LogP contribution in [0.4, 0.5) is 5.69 Å². The molecule has 7 heteroatoms. The van der Waals surface area contributed by atoms with Crippen LogP contribution in [0.2, 0.25) is 0 Å². The number of nitrogens with one attached hydrogen (secondary N) is 2. The predicted octanol–water partition coefficient (Wildman–Crippen LogP) is 4.40. The number of ether oxygens (including phenoxy) is 3. The number of H-pyrrole nitrogens is 1. The van der Waals surface area contributed by atoms with Crippen molar-refractivity contribution in [1.29, 1.82) is 0 Å². The molecule has 0 saturated carbocycles. The van der Waals surface area contributed by atoms with Gasteiger partial charge in [0, 0.05) is 28.9 Å². The summed E-state index contributed by atoms with van der Waals surface area (Å²) in [5.74, 6) is 2.54. The molecule has 1 fully saturated rings. The summed E-state index contributed by atoms with van der Waals surface area (Å²) >= 11 is 0. The van der Waals surface area contributed by atoms with Crippen LogP contribution >= 0.6 is 0 Å². The third-order valence-corrected chi connectivity index (χ3v) is 6.47. The second kappa shape index (κ2) is 9.53. The molecule has 2 heterocycles. The second-order valence-electron chi connectivity index (χ2n) is 8.20. The first-order valence-corrected chi connectivity index (χ1v) is 11.0. The third-order valence-electron chi connectivity index (χ3n) is 6.47. The molecule has 0 spiro atoms. The van der Waals surface area contributed by atoms with Crippen molar-refractivity contribution in [2.24, 2.45) is 0 Å². The van der Waals surface area contributed by atoms with Crippen molar-refractivity contribution in [2.75, 3.05) is 39.7 Å². The quantitative estimate of drug-likeness (QED) is 0.573. The number of piperidine rings is 1. The van der Waals surface area contributed by atoms with E-state index in [0.717, 1.165) is 37.2 Å².